The van der Waals surface area contributed by atoms with Crippen LogP contribution in [0.3, 0.4) is 0 Å². The highest BCUT2D eigenvalue weighted by Gasteiger charge is 2.48. The van der Waals surface area contributed by atoms with Crippen molar-refractivity contribution in [1.82, 2.24) is 9.88 Å². The minimum atomic E-state index is 0.414. The van der Waals surface area contributed by atoms with E-state index in [0.29, 0.717) is 29.9 Å². The summed E-state index contributed by atoms with van der Waals surface area (Å²) in [4.78, 5) is 7.21. The lowest BCUT2D eigenvalue weighted by Crippen LogP contribution is -2.65. The Morgan fingerprint density at radius 1 is 1.03 bits per heavy atom. The standard InChI is InChI=1S/C27H25N3O3/c1-18-9-24(29-12-20(18)13-30-14-27(15-30)16-31-17-27)22-4-2-3-21(23(22)11-28)19-5-6-25-26(10-19)33-8-7-32-25/h2-6,9-10,12H,7-8,13-17H2,1H3. The summed E-state index contributed by atoms with van der Waals surface area (Å²) in [6.07, 6.45) is 1.96. The summed E-state index contributed by atoms with van der Waals surface area (Å²) in [6.45, 7) is 8.12. The van der Waals surface area contributed by atoms with Crippen LogP contribution < -0.4 is 9.47 Å². The number of likely N-dealkylation sites (tertiary alicyclic amines) is 1. The lowest BCUT2D eigenvalue weighted by Gasteiger charge is -2.55. The van der Waals surface area contributed by atoms with Gasteiger partial charge in [-0.15, -0.1) is 0 Å². The average molecular weight is 440 g/mol. The summed E-state index contributed by atoms with van der Waals surface area (Å²) in [6, 6.07) is 16.3. The SMILES string of the molecule is Cc1cc(-c2cccc(-c3ccc4c(c3)OCCO4)c2C#N)ncc1CN1CC2(COC2)C1. The largest absolute Gasteiger partial charge is 0.486 e. The molecule has 166 valence electrons. The summed E-state index contributed by atoms with van der Waals surface area (Å²) in [7, 11) is 0. The molecule has 0 amide bonds. The van der Waals surface area contributed by atoms with Gasteiger partial charge in [-0.1, -0.05) is 24.3 Å². The molecule has 0 atom stereocenters. The molecule has 3 aliphatic rings. The van der Waals surface area contributed by atoms with Crippen LogP contribution >= 0.6 is 0 Å². The molecule has 1 aromatic heterocycles. The fourth-order valence-electron chi connectivity index (χ4n) is 5.06. The van der Waals surface area contributed by atoms with Crippen molar-refractivity contribution in [3.63, 3.8) is 0 Å². The van der Waals surface area contributed by atoms with E-state index in [0.717, 1.165) is 61.0 Å². The number of hydrogen-bond donors (Lipinski definition) is 0. The fraction of sp³-hybridized carbons (Fsp3) is 0.333. The Hall–Kier alpha value is -3.40. The summed E-state index contributed by atoms with van der Waals surface area (Å²) in [5.41, 5.74) is 6.91. The number of pyridine rings is 1. The van der Waals surface area contributed by atoms with E-state index < -0.39 is 0 Å². The molecule has 0 radical (unpaired) electrons. The van der Waals surface area contributed by atoms with Crippen molar-refractivity contribution in [2.24, 2.45) is 5.41 Å². The predicted molar refractivity (Wildman–Crippen MR) is 124 cm³/mol. The number of aryl methyl sites for hydroxylation is 1. The number of benzene rings is 2. The van der Waals surface area contributed by atoms with Gasteiger partial charge in [0.1, 0.15) is 19.3 Å². The van der Waals surface area contributed by atoms with Crippen LogP contribution in [0.2, 0.25) is 0 Å². The second-order valence-corrected chi connectivity index (χ2v) is 9.33. The van der Waals surface area contributed by atoms with Gasteiger partial charge in [0, 0.05) is 42.4 Å². The maximum Gasteiger partial charge on any atom is 0.161 e. The van der Waals surface area contributed by atoms with Crippen LogP contribution in [0.15, 0.2) is 48.7 Å². The van der Waals surface area contributed by atoms with Gasteiger partial charge in [0.25, 0.3) is 0 Å². The molecule has 6 heteroatoms. The Morgan fingerprint density at radius 2 is 1.82 bits per heavy atom. The van der Waals surface area contributed by atoms with E-state index in [1.165, 1.54) is 11.1 Å². The molecule has 0 N–H and O–H groups in total. The van der Waals surface area contributed by atoms with E-state index in [-0.39, 0.29) is 0 Å². The van der Waals surface area contributed by atoms with Gasteiger partial charge in [0.15, 0.2) is 11.5 Å². The third-order valence-electron chi connectivity index (χ3n) is 6.85. The maximum atomic E-state index is 10.1. The van der Waals surface area contributed by atoms with Gasteiger partial charge >= 0.3 is 0 Å². The quantitative estimate of drug-likeness (QED) is 0.607. The number of aromatic nitrogens is 1. The van der Waals surface area contributed by atoms with E-state index in [1.807, 2.05) is 42.6 Å². The average Bonchev–Trinajstić information content (AvgIpc) is 2.80. The fourth-order valence-corrected chi connectivity index (χ4v) is 5.06. The Morgan fingerprint density at radius 3 is 2.55 bits per heavy atom. The molecule has 2 fully saturated rings. The molecule has 0 bridgehead atoms. The Balaban J connectivity index is 1.29. The normalized spacial score (nSPS) is 18.3. The highest BCUT2D eigenvalue weighted by atomic mass is 16.6. The number of ether oxygens (including phenoxy) is 3. The van der Waals surface area contributed by atoms with Gasteiger partial charge in [0.2, 0.25) is 0 Å². The van der Waals surface area contributed by atoms with Crippen molar-refractivity contribution in [2.45, 2.75) is 13.5 Å². The minimum Gasteiger partial charge on any atom is -0.486 e. The van der Waals surface area contributed by atoms with Crippen molar-refractivity contribution in [2.75, 3.05) is 39.5 Å². The Bertz CT molecular complexity index is 1270. The van der Waals surface area contributed by atoms with Gasteiger partial charge in [-0.05, 0) is 41.8 Å². The van der Waals surface area contributed by atoms with Crippen LogP contribution in [-0.4, -0.2) is 49.4 Å². The van der Waals surface area contributed by atoms with Crippen LogP contribution in [-0.2, 0) is 11.3 Å². The van der Waals surface area contributed by atoms with Gasteiger partial charge in [0.05, 0.1) is 24.5 Å². The molecule has 33 heavy (non-hydrogen) atoms. The molecule has 0 aliphatic carbocycles. The first-order valence-electron chi connectivity index (χ1n) is 11.3. The van der Waals surface area contributed by atoms with Crippen molar-refractivity contribution >= 4 is 0 Å². The number of nitrogens with zero attached hydrogens (tertiary/aromatic N) is 3. The zero-order chi connectivity index (χ0) is 22.4. The van der Waals surface area contributed by atoms with Crippen LogP contribution in [0.25, 0.3) is 22.4 Å². The third kappa shape index (κ3) is 3.54. The van der Waals surface area contributed by atoms with E-state index in [4.69, 9.17) is 19.2 Å². The maximum absolute atomic E-state index is 10.1. The highest BCUT2D eigenvalue weighted by Crippen LogP contribution is 2.39. The first-order valence-corrected chi connectivity index (χ1v) is 11.3. The van der Waals surface area contributed by atoms with E-state index >= 15 is 0 Å². The highest BCUT2D eigenvalue weighted by molar-refractivity contribution is 5.81. The van der Waals surface area contributed by atoms with Gasteiger partial charge in [-0.2, -0.15) is 5.26 Å². The topological polar surface area (TPSA) is 67.6 Å². The first kappa shape index (κ1) is 20.2. The number of hydrogen-bond acceptors (Lipinski definition) is 6. The molecule has 0 saturated carbocycles. The van der Waals surface area contributed by atoms with Gasteiger partial charge in [-0.25, -0.2) is 0 Å². The van der Waals surface area contributed by atoms with Crippen LogP contribution in [0.1, 0.15) is 16.7 Å². The monoisotopic (exact) mass is 439 g/mol. The second kappa shape index (κ2) is 7.87. The second-order valence-electron chi connectivity index (χ2n) is 9.33. The lowest BCUT2D eigenvalue weighted by atomic mass is 9.78. The molecule has 1 spiro atoms. The third-order valence-corrected chi connectivity index (χ3v) is 6.85. The van der Waals surface area contributed by atoms with Crippen LogP contribution in [0.4, 0.5) is 0 Å². The number of nitriles is 1. The number of fused-ring (bicyclic) bond motifs is 1. The molecule has 2 saturated heterocycles. The summed E-state index contributed by atoms with van der Waals surface area (Å²) >= 11 is 0. The summed E-state index contributed by atoms with van der Waals surface area (Å²) in [5, 5.41) is 10.1. The molecule has 3 aromatic rings. The smallest absolute Gasteiger partial charge is 0.161 e. The van der Waals surface area contributed by atoms with Crippen LogP contribution in [0, 0.1) is 23.7 Å². The molecule has 3 aliphatic heterocycles. The zero-order valence-electron chi connectivity index (χ0n) is 18.6. The zero-order valence-corrected chi connectivity index (χ0v) is 18.6. The molecule has 6 rings (SSSR count). The Kier molecular flexibility index (Phi) is 4.83. The number of rotatable bonds is 4. The molecule has 2 aromatic carbocycles. The molecular weight excluding hydrogens is 414 g/mol. The first-order chi connectivity index (χ1) is 16.1. The molecule has 6 nitrogen and oxygen atoms in total. The van der Waals surface area contributed by atoms with E-state index in [9.17, 15) is 5.26 Å². The molecule has 4 heterocycles. The van der Waals surface area contributed by atoms with Crippen LogP contribution in [0.5, 0.6) is 11.5 Å². The minimum absolute atomic E-state index is 0.414. The van der Waals surface area contributed by atoms with Crippen molar-refractivity contribution in [3.8, 4) is 40.0 Å². The van der Waals surface area contributed by atoms with Gasteiger partial charge < -0.3 is 14.2 Å². The predicted octanol–water partition coefficient (Wildman–Crippen LogP) is 4.20. The van der Waals surface area contributed by atoms with E-state index in [1.54, 1.807) is 0 Å². The van der Waals surface area contributed by atoms with E-state index in [2.05, 4.69) is 24.0 Å². The summed E-state index contributed by atoms with van der Waals surface area (Å²) in [5.74, 6) is 1.46. The van der Waals surface area contributed by atoms with Crippen molar-refractivity contribution < 1.29 is 14.2 Å². The van der Waals surface area contributed by atoms with Gasteiger partial charge in [-0.3, -0.25) is 9.88 Å². The molecular formula is C27H25N3O3. The Labute approximate surface area is 193 Å². The lowest BCUT2D eigenvalue weighted by molar-refractivity contribution is -0.191. The molecule has 0 unspecified atom stereocenters. The van der Waals surface area contributed by atoms with Crippen molar-refractivity contribution in [1.29, 1.82) is 5.26 Å². The van der Waals surface area contributed by atoms with Crippen molar-refractivity contribution in [3.05, 3.63) is 65.4 Å². The summed E-state index contributed by atoms with van der Waals surface area (Å²) < 4.78 is 16.8.